The average Bonchev–Trinajstić information content (AvgIpc) is 3.51. The van der Waals surface area contributed by atoms with Crippen molar-refractivity contribution in [3.05, 3.63) is 80.3 Å². The molecule has 1 amide bonds. The summed E-state index contributed by atoms with van der Waals surface area (Å²) in [5, 5.41) is 5.65. The maximum atomic E-state index is 13.7. The molecule has 7 nitrogen and oxygen atoms in total. The van der Waals surface area contributed by atoms with Gasteiger partial charge in [-0.1, -0.05) is 23.4 Å². The number of halogens is 1. The van der Waals surface area contributed by atoms with Gasteiger partial charge < -0.3 is 4.42 Å². The number of aryl methyl sites for hydroxylation is 2. The molecule has 0 saturated heterocycles. The van der Waals surface area contributed by atoms with Crippen LogP contribution in [0.3, 0.4) is 0 Å². The minimum atomic E-state index is -0.305. The Labute approximate surface area is 214 Å². The van der Waals surface area contributed by atoms with E-state index in [1.165, 1.54) is 22.9 Å². The van der Waals surface area contributed by atoms with E-state index in [4.69, 9.17) is 21.0 Å². The van der Waals surface area contributed by atoms with Crippen molar-refractivity contribution in [3.8, 4) is 5.69 Å². The van der Waals surface area contributed by atoms with Gasteiger partial charge >= 0.3 is 0 Å². The minimum absolute atomic E-state index is 0.0515. The molecular formula is C25H21ClN4O3S2. The third-order valence-electron chi connectivity index (χ3n) is 5.53. The van der Waals surface area contributed by atoms with Crippen LogP contribution in [0.15, 0.2) is 68.2 Å². The minimum Gasteiger partial charge on any atom is -0.465 e. The van der Waals surface area contributed by atoms with Gasteiger partial charge in [0.15, 0.2) is 5.16 Å². The molecule has 3 aromatic heterocycles. The molecule has 10 heteroatoms. The van der Waals surface area contributed by atoms with Gasteiger partial charge in [-0.25, -0.2) is 10.4 Å². The molecule has 5 rings (SSSR count). The fourth-order valence-electron chi connectivity index (χ4n) is 3.94. The van der Waals surface area contributed by atoms with E-state index in [-0.39, 0.29) is 17.2 Å². The Hall–Kier alpha value is -3.14. The van der Waals surface area contributed by atoms with Gasteiger partial charge in [0.25, 0.3) is 11.5 Å². The summed E-state index contributed by atoms with van der Waals surface area (Å²) in [6.45, 7) is 0. The van der Waals surface area contributed by atoms with Crippen LogP contribution in [-0.2, 0) is 17.6 Å². The number of hydrogen-bond acceptors (Lipinski definition) is 7. The van der Waals surface area contributed by atoms with Gasteiger partial charge in [-0.05, 0) is 79.8 Å². The zero-order valence-corrected chi connectivity index (χ0v) is 21.0. The van der Waals surface area contributed by atoms with E-state index in [0.717, 1.165) is 36.1 Å². The van der Waals surface area contributed by atoms with Crippen LogP contribution in [0, 0.1) is 0 Å². The van der Waals surface area contributed by atoms with Crippen molar-refractivity contribution < 1.29 is 9.21 Å². The summed E-state index contributed by atoms with van der Waals surface area (Å²) >= 11 is 8.86. The van der Waals surface area contributed by atoms with E-state index in [1.54, 1.807) is 64.7 Å². The van der Waals surface area contributed by atoms with Crippen molar-refractivity contribution in [2.75, 3.05) is 5.75 Å². The Morgan fingerprint density at radius 3 is 2.89 bits per heavy atom. The van der Waals surface area contributed by atoms with Gasteiger partial charge in [-0.2, -0.15) is 5.10 Å². The second-order valence-electron chi connectivity index (χ2n) is 7.88. The highest BCUT2D eigenvalue weighted by Gasteiger charge is 2.23. The summed E-state index contributed by atoms with van der Waals surface area (Å²) in [6, 6.07) is 10.7. The molecule has 178 valence electrons. The normalized spacial score (nSPS) is 13.6. The molecule has 0 bridgehead atoms. The summed E-state index contributed by atoms with van der Waals surface area (Å²) in [5.41, 5.74) is 4.17. The number of aromatic nitrogens is 2. The molecule has 1 N–H and O–H groups in total. The van der Waals surface area contributed by atoms with Crippen molar-refractivity contribution >= 4 is 63.1 Å². The molecule has 0 aliphatic heterocycles. The Morgan fingerprint density at radius 2 is 2.09 bits per heavy atom. The smallest absolute Gasteiger partial charge is 0.267 e. The number of thioether (sulfide) groups is 1. The molecule has 1 aliphatic carbocycles. The number of carbonyl (C=O) groups is 1. The molecule has 0 radical (unpaired) electrons. The highest BCUT2D eigenvalue weighted by atomic mass is 35.5. The number of carbonyl (C=O) groups excluding carboxylic acids is 1. The summed E-state index contributed by atoms with van der Waals surface area (Å²) < 4.78 is 6.77. The lowest BCUT2D eigenvalue weighted by atomic mass is 9.97. The number of hydrazone groups is 1. The molecule has 1 aliphatic rings. The first-order chi connectivity index (χ1) is 17.1. The summed E-state index contributed by atoms with van der Waals surface area (Å²) in [7, 11) is 0. The Kier molecular flexibility index (Phi) is 7.17. The fourth-order valence-corrected chi connectivity index (χ4v) is 6.17. The molecular weight excluding hydrogens is 504 g/mol. The van der Waals surface area contributed by atoms with E-state index in [9.17, 15) is 9.59 Å². The lowest BCUT2D eigenvalue weighted by molar-refractivity contribution is -0.118. The number of amides is 1. The zero-order chi connectivity index (χ0) is 24.2. The number of benzene rings is 1. The summed E-state index contributed by atoms with van der Waals surface area (Å²) in [5.74, 6) is 0.436. The first-order valence-electron chi connectivity index (χ1n) is 11.1. The summed E-state index contributed by atoms with van der Waals surface area (Å²) in [6.07, 6.45) is 10.5. The molecule has 4 aromatic rings. The monoisotopic (exact) mass is 524 g/mol. The van der Waals surface area contributed by atoms with Gasteiger partial charge in [-0.15, -0.1) is 11.3 Å². The average molecular weight is 525 g/mol. The third kappa shape index (κ3) is 5.27. The first-order valence-corrected chi connectivity index (χ1v) is 13.3. The molecule has 0 unspecified atom stereocenters. The molecule has 0 spiro atoms. The molecule has 0 saturated carbocycles. The van der Waals surface area contributed by atoms with Crippen molar-refractivity contribution in [1.29, 1.82) is 0 Å². The third-order valence-corrected chi connectivity index (χ3v) is 7.91. The predicted molar refractivity (Wildman–Crippen MR) is 142 cm³/mol. The maximum Gasteiger partial charge on any atom is 0.267 e. The standard InChI is InChI=1S/C25H21ClN4O3S2/c26-16-9-11-17(12-10-16)30-24(32)22-19-7-1-2-8-20(19)35-23(22)28-25(30)34-15-21(31)29-27-13-3-5-18-6-4-14-33-18/h3-6,9-14H,1-2,7-8,15H2,(H,29,31). The van der Waals surface area contributed by atoms with Crippen LogP contribution < -0.4 is 11.0 Å². The lowest BCUT2D eigenvalue weighted by Gasteiger charge is -2.13. The lowest BCUT2D eigenvalue weighted by Crippen LogP contribution is -2.24. The van der Waals surface area contributed by atoms with Crippen LogP contribution in [0.5, 0.6) is 0 Å². The van der Waals surface area contributed by atoms with Crippen LogP contribution in [0.25, 0.3) is 22.0 Å². The number of nitrogens with one attached hydrogen (secondary N) is 1. The molecule has 0 fully saturated rings. The number of hydrogen-bond donors (Lipinski definition) is 1. The van der Waals surface area contributed by atoms with Crippen LogP contribution in [0.2, 0.25) is 5.02 Å². The van der Waals surface area contributed by atoms with Crippen molar-refractivity contribution in [2.45, 2.75) is 30.8 Å². The fraction of sp³-hybridized carbons (Fsp3) is 0.200. The Balaban J connectivity index is 1.39. The van der Waals surface area contributed by atoms with Crippen molar-refractivity contribution in [2.24, 2.45) is 5.10 Å². The predicted octanol–water partition coefficient (Wildman–Crippen LogP) is 5.48. The number of fused-ring (bicyclic) bond motifs is 3. The molecule has 35 heavy (non-hydrogen) atoms. The maximum absolute atomic E-state index is 13.7. The van der Waals surface area contributed by atoms with Crippen LogP contribution in [0.4, 0.5) is 0 Å². The van der Waals surface area contributed by atoms with E-state index < -0.39 is 0 Å². The number of allylic oxidation sites excluding steroid dienone is 1. The molecule has 3 heterocycles. The quantitative estimate of drug-likeness (QED) is 0.150. The second kappa shape index (κ2) is 10.6. The van der Waals surface area contributed by atoms with Gasteiger partial charge in [0.2, 0.25) is 0 Å². The SMILES string of the molecule is O=C(CSc1nc2sc3c(c2c(=O)n1-c1ccc(Cl)cc1)CCCC3)NN=CC=Cc1ccco1. The zero-order valence-electron chi connectivity index (χ0n) is 18.6. The topological polar surface area (TPSA) is 89.5 Å². The van der Waals surface area contributed by atoms with Crippen LogP contribution in [0.1, 0.15) is 29.0 Å². The Bertz CT molecular complexity index is 1470. The largest absolute Gasteiger partial charge is 0.465 e. The molecule has 0 atom stereocenters. The van der Waals surface area contributed by atoms with Crippen LogP contribution in [-0.4, -0.2) is 27.4 Å². The highest BCUT2D eigenvalue weighted by molar-refractivity contribution is 7.99. The van der Waals surface area contributed by atoms with Crippen LogP contribution >= 0.6 is 34.7 Å². The second-order valence-corrected chi connectivity index (χ2v) is 10.3. The van der Waals surface area contributed by atoms with Crippen molar-refractivity contribution in [1.82, 2.24) is 15.0 Å². The number of rotatable bonds is 7. The Morgan fingerprint density at radius 1 is 1.26 bits per heavy atom. The highest BCUT2D eigenvalue weighted by Crippen LogP contribution is 2.35. The van der Waals surface area contributed by atoms with E-state index in [1.807, 2.05) is 6.07 Å². The summed E-state index contributed by atoms with van der Waals surface area (Å²) in [4.78, 5) is 32.9. The van der Waals surface area contributed by atoms with E-state index in [2.05, 4.69) is 10.5 Å². The first kappa shape index (κ1) is 23.6. The van der Waals surface area contributed by atoms with Gasteiger partial charge in [0.1, 0.15) is 10.6 Å². The van der Waals surface area contributed by atoms with Gasteiger partial charge in [-0.3, -0.25) is 14.2 Å². The van der Waals surface area contributed by atoms with Gasteiger partial charge in [0, 0.05) is 16.1 Å². The number of nitrogens with zero attached hydrogens (tertiary/aromatic N) is 3. The number of thiophene rings is 1. The molecule has 1 aromatic carbocycles. The van der Waals surface area contributed by atoms with Crippen molar-refractivity contribution in [3.63, 3.8) is 0 Å². The van der Waals surface area contributed by atoms with Gasteiger partial charge in [0.05, 0.1) is 23.1 Å². The van der Waals surface area contributed by atoms with E-state index in [0.29, 0.717) is 27.0 Å². The number of furan rings is 1. The van der Waals surface area contributed by atoms with E-state index >= 15 is 0 Å².